The molecule has 1 aromatic rings. The molecule has 0 bridgehead atoms. The fourth-order valence-corrected chi connectivity index (χ4v) is 2.54. The maximum absolute atomic E-state index is 12.4. The van der Waals surface area contributed by atoms with Gasteiger partial charge in [0.2, 0.25) is 0 Å². The number of amides is 1. The third-order valence-electron chi connectivity index (χ3n) is 3.34. The average molecular weight is 302 g/mol. The van der Waals surface area contributed by atoms with Crippen LogP contribution >= 0.6 is 11.6 Å². The fraction of sp³-hybridized carbons (Fsp3) is 0.692. The van der Waals surface area contributed by atoms with E-state index in [0.29, 0.717) is 30.5 Å². The van der Waals surface area contributed by atoms with Crippen LogP contribution in [0.1, 0.15) is 22.7 Å². The molecule has 20 heavy (non-hydrogen) atoms. The van der Waals surface area contributed by atoms with Gasteiger partial charge >= 0.3 is 0 Å². The van der Waals surface area contributed by atoms with E-state index in [1.54, 1.807) is 13.2 Å². The molecule has 0 spiro atoms. The second kappa shape index (κ2) is 7.61. The van der Waals surface area contributed by atoms with Crippen molar-refractivity contribution in [2.75, 3.05) is 45.7 Å². The molecule has 0 aromatic carbocycles. The largest absolute Gasteiger partial charge is 0.377 e. The van der Waals surface area contributed by atoms with Gasteiger partial charge in [0.1, 0.15) is 6.61 Å². The van der Waals surface area contributed by atoms with Gasteiger partial charge in [-0.05, 0) is 13.0 Å². The maximum atomic E-state index is 12.4. The number of halogens is 1. The van der Waals surface area contributed by atoms with Crippen LogP contribution in [0.3, 0.4) is 0 Å². The summed E-state index contributed by atoms with van der Waals surface area (Å²) in [5.41, 5.74) is 0.350. The lowest BCUT2D eigenvalue weighted by Gasteiger charge is -2.20. The zero-order chi connectivity index (χ0) is 14.4. The SMILES string of the molecule is COCc1cc(C(=O)N2CCCN(CCCl)CC2)no1. The molecule has 0 atom stereocenters. The molecule has 2 heterocycles. The molecule has 1 aliphatic heterocycles. The van der Waals surface area contributed by atoms with Crippen LogP contribution < -0.4 is 0 Å². The summed E-state index contributed by atoms with van der Waals surface area (Å²) in [4.78, 5) is 16.5. The molecule has 6 nitrogen and oxygen atoms in total. The van der Waals surface area contributed by atoms with E-state index in [2.05, 4.69) is 10.1 Å². The molecule has 1 aromatic heterocycles. The molecule has 0 radical (unpaired) electrons. The molecule has 0 aliphatic carbocycles. The lowest BCUT2D eigenvalue weighted by atomic mass is 10.3. The zero-order valence-electron chi connectivity index (χ0n) is 11.7. The number of methoxy groups -OCH3 is 1. The van der Waals surface area contributed by atoms with Crippen LogP contribution in [0.4, 0.5) is 0 Å². The van der Waals surface area contributed by atoms with Crippen LogP contribution in [-0.2, 0) is 11.3 Å². The Labute approximate surface area is 123 Å². The van der Waals surface area contributed by atoms with Gasteiger partial charge in [-0.3, -0.25) is 4.79 Å². The fourth-order valence-electron chi connectivity index (χ4n) is 2.30. The standard InChI is InChI=1S/C13H20ClN3O3/c1-19-10-11-9-12(15-20-11)13(18)17-5-2-4-16(6-3-14)7-8-17/h9H,2-8,10H2,1H3. The minimum absolute atomic E-state index is 0.0798. The maximum Gasteiger partial charge on any atom is 0.276 e. The summed E-state index contributed by atoms with van der Waals surface area (Å²) < 4.78 is 10.0. The van der Waals surface area contributed by atoms with E-state index in [0.717, 1.165) is 32.6 Å². The normalized spacial score (nSPS) is 17.2. The molecule has 112 valence electrons. The molecule has 0 N–H and O–H groups in total. The summed E-state index contributed by atoms with van der Waals surface area (Å²) in [5.74, 6) is 1.11. The van der Waals surface area contributed by atoms with Crippen LogP contribution in [0.2, 0.25) is 0 Å². The predicted octanol–water partition coefficient (Wildman–Crippen LogP) is 1.21. The summed E-state index contributed by atoms with van der Waals surface area (Å²) in [6.45, 7) is 4.45. The number of hydrogen-bond donors (Lipinski definition) is 0. The highest BCUT2D eigenvalue weighted by atomic mass is 35.5. The first-order valence-corrected chi connectivity index (χ1v) is 7.30. The Balaban J connectivity index is 1.94. The average Bonchev–Trinajstić information content (AvgIpc) is 2.78. The van der Waals surface area contributed by atoms with Gasteiger partial charge in [0, 0.05) is 45.2 Å². The summed E-state index contributed by atoms with van der Waals surface area (Å²) >= 11 is 5.76. The van der Waals surface area contributed by atoms with E-state index >= 15 is 0 Å². The number of ether oxygens (including phenoxy) is 1. The van der Waals surface area contributed by atoms with Crippen molar-refractivity contribution in [1.82, 2.24) is 15.0 Å². The summed E-state index contributed by atoms with van der Waals surface area (Å²) in [5, 5.41) is 3.81. The Hall–Kier alpha value is -1.11. The third-order valence-corrected chi connectivity index (χ3v) is 3.51. The topological polar surface area (TPSA) is 58.8 Å². The van der Waals surface area contributed by atoms with Crippen molar-refractivity contribution < 1.29 is 14.1 Å². The van der Waals surface area contributed by atoms with E-state index in [-0.39, 0.29) is 5.91 Å². The number of aromatic nitrogens is 1. The van der Waals surface area contributed by atoms with E-state index in [9.17, 15) is 4.79 Å². The van der Waals surface area contributed by atoms with Crippen LogP contribution in [0.15, 0.2) is 10.6 Å². The lowest BCUT2D eigenvalue weighted by molar-refractivity contribution is 0.0751. The first-order valence-electron chi connectivity index (χ1n) is 6.76. The molecule has 7 heteroatoms. The molecular formula is C13H20ClN3O3. The number of alkyl halides is 1. The Kier molecular flexibility index (Phi) is 5.82. The second-order valence-electron chi connectivity index (χ2n) is 4.79. The van der Waals surface area contributed by atoms with Crippen molar-refractivity contribution in [3.05, 3.63) is 17.5 Å². The third kappa shape index (κ3) is 3.94. The highest BCUT2D eigenvalue weighted by Crippen LogP contribution is 2.11. The van der Waals surface area contributed by atoms with Crippen LogP contribution in [0, 0.1) is 0 Å². The van der Waals surface area contributed by atoms with Crippen LogP contribution in [0.25, 0.3) is 0 Å². The molecule has 1 aliphatic rings. The number of rotatable bonds is 5. The Bertz CT molecular complexity index is 438. The summed E-state index contributed by atoms with van der Waals surface area (Å²) in [6.07, 6.45) is 0.950. The molecule has 1 amide bonds. The van der Waals surface area contributed by atoms with E-state index in [1.165, 1.54) is 0 Å². The zero-order valence-corrected chi connectivity index (χ0v) is 12.4. The van der Waals surface area contributed by atoms with Crippen molar-refractivity contribution in [1.29, 1.82) is 0 Å². The summed E-state index contributed by atoms with van der Waals surface area (Å²) in [7, 11) is 1.57. The molecule has 1 saturated heterocycles. The predicted molar refractivity (Wildman–Crippen MR) is 74.9 cm³/mol. The first-order chi connectivity index (χ1) is 9.74. The van der Waals surface area contributed by atoms with E-state index in [4.69, 9.17) is 20.9 Å². The monoisotopic (exact) mass is 301 g/mol. The van der Waals surface area contributed by atoms with E-state index < -0.39 is 0 Å². The highest BCUT2D eigenvalue weighted by molar-refractivity contribution is 6.18. The Morgan fingerprint density at radius 1 is 1.45 bits per heavy atom. The van der Waals surface area contributed by atoms with E-state index in [1.807, 2.05) is 4.90 Å². The smallest absolute Gasteiger partial charge is 0.276 e. The van der Waals surface area contributed by atoms with Crippen LogP contribution in [0.5, 0.6) is 0 Å². The number of carbonyl (C=O) groups is 1. The quantitative estimate of drug-likeness (QED) is 0.765. The van der Waals surface area contributed by atoms with Crippen molar-refractivity contribution in [2.45, 2.75) is 13.0 Å². The first kappa shape index (κ1) is 15.3. The van der Waals surface area contributed by atoms with Gasteiger partial charge in [-0.25, -0.2) is 0 Å². The number of carbonyl (C=O) groups excluding carboxylic acids is 1. The molecular weight excluding hydrogens is 282 g/mol. The second-order valence-corrected chi connectivity index (χ2v) is 5.17. The summed E-state index contributed by atoms with van der Waals surface area (Å²) in [6, 6.07) is 1.65. The van der Waals surface area contributed by atoms with Gasteiger partial charge in [-0.15, -0.1) is 11.6 Å². The molecule has 0 saturated carbocycles. The molecule has 2 rings (SSSR count). The van der Waals surface area contributed by atoms with Crippen molar-refractivity contribution in [3.8, 4) is 0 Å². The van der Waals surface area contributed by atoms with Gasteiger partial charge in [0.05, 0.1) is 0 Å². The van der Waals surface area contributed by atoms with Gasteiger partial charge < -0.3 is 19.1 Å². The lowest BCUT2D eigenvalue weighted by Crippen LogP contribution is -2.35. The van der Waals surface area contributed by atoms with Gasteiger partial charge in [-0.2, -0.15) is 0 Å². The van der Waals surface area contributed by atoms with Gasteiger partial charge in [0.15, 0.2) is 11.5 Å². The van der Waals surface area contributed by atoms with Crippen LogP contribution in [-0.4, -0.2) is 66.6 Å². The van der Waals surface area contributed by atoms with Crippen molar-refractivity contribution in [2.24, 2.45) is 0 Å². The van der Waals surface area contributed by atoms with Crippen molar-refractivity contribution >= 4 is 17.5 Å². The minimum atomic E-state index is -0.0798. The Morgan fingerprint density at radius 2 is 2.30 bits per heavy atom. The van der Waals surface area contributed by atoms with Gasteiger partial charge in [-0.1, -0.05) is 5.16 Å². The van der Waals surface area contributed by atoms with Crippen molar-refractivity contribution in [3.63, 3.8) is 0 Å². The number of nitrogens with zero attached hydrogens (tertiary/aromatic N) is 3. The minimum Gasteiger partial charge on any atom is -0.377 e. The number of hydrogen-bond acceptors (Lipinski definition) is 5. The molecule has 0 unspecified atom stereocenters. The van der Waals surface area contributed by atoms with Gasteiger partial charge in [0.25, 0.3) is 5.91 Å². The molecule has 1 fully saturated rings. The highest BCUT2D eigenvalue weighted by Gasteiger charge is 2.22. The Morgan fingerprint density at radius 3 is 3.05 bits per heavy atom.